The number of rotatable bonds is 0. The molecule has 40 heavy (non-hydrogen) atoms. The first-order valence-electron chi connectivity index (χ1n) is 13.4. The lowest BCUT2D eigenvalue weighted by Gasteiger charge is -2.35. The van der Waals surface area contributed by atoms with Gasteiger partial charge in [-0.05, 0) is 98.1 Å². The molecule has 0 aliphatic heterocycles. The van der Waals surface area contributed by atoms with Crippen LogP contribution >= 0.6 is 31.9 Å². The summed E-state index contributed by atoms with van der Waals surface area (Å²) in [5.41, 5.74) is 14.0. The summed E-state index contributed by atoms with van der Waals surface area (Å²) in [6.07, 6.45) is 0. The predicted molar refractivity (Wildman–Crippen MR) is 171 cm³/mol. The minimum absolute atomic E-state index is 0.532. The van der Waals surface area contributed by atoms with Crippen LogP contribution in [-0.4, -0.2) is 0 Å². The highest BCUT2D eigenvalue weighted by molar-refractivity contribution is 9.10. The maximum absolute atomic E-state index is 6.41. The van der Waals surface area contributed by atoms with Crippen molar-refractivity contribution in [2.24, 2.45) is 0 Å². The quantitative estimate of drug-likeness (QED) is 0.161. The summed E-state index contributed by atoms with van der Waals surface area (Å²) in [7, 11) is 0. The van der Waals surface area contributed by atoms with Gasteiger partial charge in [-0.3, -0.25) is 0 Å². The largest absolute Gasteiger partial charge is 0.456 e. The molecule has 0 amide bonds. The average Bonchev–Trinajstić information content (AvgIpc) is 3.46. The Morgan fingerprint density at radius 3 is 1.65 bits per heavy atom. The zero-order chi connectivity index (χ0) is 26.6. The molecular weight excluding hydrogens is 620 g/mol. The molecule has 0 atom stereocenters. The fraction of sp³-hybridized carbons (Fsp3) is 0.0270. The third-order valence-corrected chi connectivity index (χ3v) is 9.81. The van der Waals surface area contributed by atoms with Crippen molar-refractivity contribution in [1.82, 2.24) is 0 Å². The maximum atomic E-state index is 6.41. The van der Waals surface area contributed by atoms with Crippen LogP contribution in [0.25, 0.3) is 55.3 Å². The number of halogens is 2. The first-order valence-corrected chi connectivity index (χ1v) is 15.0. The van der Waals surface area contributed by atoms with Crippen molar-refractivity contribution in [2.45, 2.75) is 5.41 Å². The van der Waals surface area contributed by atoms with Crippen molar-refractivity contribution < 1.29 is 4.42 Å². The van der Waals surface area contributed by atoms with Crippen molar-refractivity contribution in [3.63, 3.8) is 0 Å². The molecule has 9 rings (SSSR count). The molecule has 0 N–H and O–H groups in total. The summed E-state index contributed by atoms with van der Waals surface area (Å²) in [5.74, 6) is 0. The summed E-state index contributed by atoms with van der Waals surface area (Å²) in [4.78, 5) is 0. The highest BCUT2D eigenvalue weighted by atomic mass is 79.9. The SMILES string of the molecule is Brc1ccc2c(c1)C1(c3cc(Br)ccc3-c3ccccc3-2)c2ccccc2-c2cc3oc4ccccc4c3cc21. The van der Waals surface area contributed by atoms with E-state index in [0.717, 1.165) is 30.9 Å². The second kappa shape index (κ2) is 8.06. The van der Waals surface area contributed by atoms with E-state index in [1.54, 1.807) is 0 Å². The van der Waals surface area contributed by atoms with Crippen LogP contribution < -0.4 is 0 Å². The summed E-state index contributed by atoms with van der Waals surface area (Å²) in [5, 5.41) is 2.30. The number of para-hydroxylation sites is 1. The average molecular weight is 640 g/mol. The first kappa shape index (κ1) is 22.9. The van der Waals surface area contributed by atoms with Crippen LogP contribution in [0, 0.1) is 0 Å². The smallest absolute Gasteiger partial charge is 0.136 e. The van der Waals surface area contributed by atoms with E-state index in [1.807, 2.05) is 6.07 Å². The van der Waals surface area contributed by atoms with Gasteiger partial charge >= 0.3 is 0 Å². The highest BCUT2D eigenvalue weighted by Gasteiger charge is 2.50. The molecule has 1 spiro atoms. The van der Waals surface area contributed by atoms with Gasteiger partial charge in [-0.1, -0.05) is 111 Å². The fourth-order valence-electron chi connectivity index (χ4n) is 7.30. The Morgan fingerprint density at radius 2 is 0.950 bits per heavy atom. The molecule has 7 aromatic rings. The standard InChI is InChI=1S/C37H20Br2O/c38-21-13-15-26-23-7-1-2-8-24(23)27-16-14-22(39)18-33(27)37(32(26)17-21)31-11-5-3-9-25(31)29-20-36-30(19-34(29)37)28-10-4-6-12-35(28)40-36/h1-20H. The zero-order valence-electron chi connectivity index (χ0n) is 21.2. The molecule has 0 saturated carbocycles. The minimum Gasteiger partial charge on any atom is -0.456 e. The Labute approximate surface area is 248 Å². The van der Waals surface area contributed by atoms with Crippen molar-refractivity contribution in [3.8, 4) is 33.4 Å². The van der Waals surface area contributed by atoms with Crippen LogP contribution in [0.4, 0.5) is 0 Å². The van der Waals surface area contributed by atoms with Crippen LogP contribution in [0.1, 0.15) is 22.3 Å². The van der Waals surface area contributed by atoms with Gasteiger partial charge in [0.2, 0.25) is 0 Å². The van der Waals surface area contributed by atoms with E-state index in [2.05, 4.69) is 147 Å². The van der Waals surface area contributed by atoms with E-state index in [4.69, 9.17) is 4.42 Å². The van der Waals surface area contributed by atoms with Gasteiger partial charge < -0.3 is 4.42 Å². The molecule has 6 aromatic carbocycles. The molecular formula is C37H20Br2O. The highest BCUT2D eigenvalue weighted by Crippen LogP contribution is 2.62. The van der Waals surface area contributed by atoms with Crippen molar-refractivity contribution >= 4 is 53.8 Å². The van der Waals surface area contributed by atoms with E-state index in [9.17, 15) is 0 Å². The zero-order valence-corrected chi connectivity index (χ0v) is 24.4. The van der Waals surface area contributed by atoms with Gasteiger partial charge in [-0.25, -0.2) is 0 Å². The van der Waals surface area contributed by atoms with Gasteiger partial charge in [0.15, 0.2) is 0 Å². The summed E-state index contributed by atoms with van der Waals surface area (Å²) in [6, 6.07) is 44.4. The molecule has 0 saturated heterocycles. The van der Waals surface area contributed by atoms with E-state index < -0.39 is 5.41 Å². The molecule has 1 aromatic heterocycles. The van der Waals surface area contributed by atoms with E-state index in [1.165, 1.54) is 55.6 Å². The number of furan rings is 1. The van der Waals surface area contributed by atoms with Gasteiger partial charge in [0, 0.05) is 19.7 Å². The normalized spacial score (nSPS) is 13.9. The monoisotopic (exact) mass is 638 g/mol. The molecule has 2 aliphatic carbocycles. The maximum Gasteiger partial charge on any atom is 0.136 e. The molecule has 0 unspecified atom stereocenters. The molecule has 0 fully saturated rings. The summed E-state index contributed by atoms with van der Waals surface area (Å²) < 4.78 is 8.55. The van der Waals surface area contributed by atoms with Gasteiger partial charge in [0.1, 0.15) is 11.2 Å². The van der Waals surface area contributed by atoms with Crippen LogP contribution in [0.5, 0.6) is 0 Å². The predicted octanol–water partition coefficient (Wildman–Crippen LogP) is 11.1. The second-order valence-electron chi connectivity index (χ2n) is 10.7. The van der Waals surface area contributed by atoms with Gasteiger partial charge in [0.05, 0.1) is 5.41 Å². The van der Waals surface area contributed by atoms with Gasteiger partial charge in [-0.2, -0.15) is 0 Å². The van der Waals surface area contributed by atoms with E-state index >= 15 is 0 Å². The Bertz CT molecular complexity index is 2130. The number of benzene rings is 6. The van der Waals surface area contributed by atoms with Crippen LogP contribution in [0.15, 0.2) is 135 Å². The van der Waals surface area contributed by atoms with Crippen LogP contribution in [0.3, 0.4) is 0 Å². The van der Waals surface area contributed by atoms with E-state index in [-0.39, 0.29) is 0 Å². The third-order valence-electron chi connectivity index (χ3n) is 8.82. The Hall–Kier alpha value is -3.92. The topological polar surface area (TPSA) is 13.1 Å². The van der Waals surface area contributed by atoms with Gasteiger partial charge in [0.25, 0.3) is 0 Å². The molecule has 0 bridgehead atoms. The third kappa shape index (κ3) is 2.82. The number of hydrogen-bond acceptors (Lipinski definition) is 1. The fourth-order valence-corrected chi connectivity index (χ4v) is 8.02. The van der Waals surface area contributed by atoms with Gasteiger partial charge in [-0.15, -0.1) is 0 Å². The Balaban J connectivity index is 1.56. The number of hydrogen-bond donors (Lipinski definition) is 0. The summed E-state index contributed by atoms with van der Waals surface area (Å²) >= 11 is 7.73. The lowest BCUT2D eigenvalue weighted by molar-refractivity contribution is 0.668. The molecule has 188 valence electrons. The van der Waals surface area contributed by atoms with Crippen molar-refractivity contribution in [1.29, 1.82) is 0 Å². The lowest BCUT2D eigenvalue weighted by Crippen LogP contribution is -2.29. The molecule has 2 aliphatic rings. The minimum atomic E-state index is -0.532. The molecule has 1 nitrogen and oxygen atoms in total. The summed E-state index contributed by atoms with van der Waals surface area (Å²) in [6.45, 7) is 0. The first-order chi connectivity index (χ1) is 19.6. The molecule has 0 radical (unpaired) electrons. The van der Waals surface area contributed by atoms with Crippen molar-refractivity contribution in [3.05, 3.63) is 153 Å². The lowest BCUT2D eigenvalue weighted by atomic mass is 9.66. The second-order valence-corrected chi connectivity index (χ2v) is 12.5. The Morgan fingerprint density at radius 1 is 0.400 bits per heavy atom. The van der Waals surface area contributed by atoms with Crippen LogP contribution in [0.2, 0.25) is 0 Å². The molecule has 1 heterocycles. The Kier molecular flexibility index (Phi) is 4.61. The number of fused-ring (bicyclic) bond motifs is 15. The van der Waals surface area contributed by atoms with Crippen molar-refractivity contribution in [2.75, 3.05) is 0 Å². The molecule has 3 heteroatoms. The van der Waals surface area contributed by atoms with Crippen LogP contribution in [-0.2, 0) is 5.41 Å². The van der Waals surface area contributed by atoms with E-state index in [0.29, 0.717) is 0 Å².